The Bertz CT molecular complexity index is 855. The highest BCUT2D eigenvalue weighted by molar-refractivity contribution is 6.18. The van der Waals surface area contributed by atoms with Crippen molar-refractivity contribution >= 4 is 41.3 Å². The predicted molar refractivity (Wildman–Crippen MR) is 107 cm³/mol. The van der Waals surface area contributed by atoms with E-state index in [0.717, 1.165) is 23.4 Å². The maximum Gasteiger partial charge on any atom is 0.363 e. The van der Waals surface area contributed by atoms with E-state index in [2.05, 4.69) is 9.89 Å². The highest BCUT2D eigenvalue weighted by atomic mass is 35.5. The van der Waals surface area contributed by atoms with Crippen LogP contribution in [-0.2, 0) is 9.53 Å². The molecule has 0 bridgehead atoms. The van der Waals surface area contributed by atoms with Crippen LogP contribution in [0.15, 0.2) is 71.4 Å². The minimum Gasteiger partial charge on any atom is -0.403 e. The van der Waals surface area contributed by atoms with Crippen LogP contribution in [0.2, 0.25) is 0 Å². The zero-order valence-electron chi connectivity index (χ0n) is 14.4. The number of hydrogen-bond donors (Lipinski definition) is 0. The Morgan fingerprint density at radius 3 is 2.46 bits per heavy atom. The van der Waals surface area contributed by atoms with Gasteiger partial charge in [-0.3, -0.25) is 0 Å². The summed E-state index contributed by atoms with van der Waals surface area (Å²) in [6, 6.07) is 17.6. The Labute approximate surface area is 158 Å². The van der Waals surface area contributed by atoms with Gasteiger partial charge in [0, 0.05) is 31.2 Å². The van der Waals surface area contributed by atoms with Crippen molar-refractivity contribution < 1.29 is 9.53 Å². The molecule has 0 aromatic heterocycles. The smallest absolute Gasteiger partial charge is 0.363 e. The van der Waals surface area contributed by atoms with Gasteiger partial charge in [0.15, 0.2) is 5.70 Å². The molecule has 0 unspecified atom stereocenters. The summed E-state index contributed by atoms with van der Waals surface area (Å²) in [7, 11) is 1.99. The summed E-state index contributed by atoms with van der Waals surface area (Å²) in [5.41, 5.74) is 3.26. The van der Waals surface area contributed by atoms with Crippen LogP contribution in [0.1, 0.15) is 11.1 Å². The molecule has 0 amide bonds. The Kier molecular flexibility index (Phi) is 5.87. The van der Waals surface area contributed by atoms with E-state index in [1.54, 1.807) is 12.2 Å². The summed E-state index contributed by atoms with van der Waals surface area (Å²) >= 11 is 5.76. The molecule has 132 valence electrons. The van der Waals surface area contributed by atoms with Gasteiger partial charge in [0.05, 0.1) is 0 Å². The molecule has 1 heterocycles. The van der Waals surface area contributed by atoms with Gasteiger partial charge in [-0.1, -0.05) is 42.5 Å². The fourth-order valence-corrected chi connectivity index (χ4v) is 2.72. The van der Waals surface area contributed by atoms with Crippen molar-refractivity contribution in [1.82, 2.24) is 0 Å². The van der Waals surface area contributed by atoms with Gasteiger partial charge >= 0.3 is 5.97 Å². The molecule has 2 aromatic carbocycles. The third kappa shape index (κ3) is 4.61. The number of anilines is 1. The zero-order valence-corrected chi connectivity index (χ0v) is 15.2. The predicted octanol–water partition coefficient (Wildman–Crippen LogP) is 4.37. The van der Waals surface area contributed by atoms with Crippen molar-refractivity contribution in [3.05, 3.63) is 77.5 Å². The molecular formula is C21H19ClN2O2. The first-order valence-electron chi connectivity index (χ1n) is 8.28. The number of esters is 1. The normalized spacial score (nSPS) is 15.4. The summed E-state index contributed by atoms with van der Waals surface area (Å²) in [5.74, 6) is 0.423. The Balaban J connectivity index is 1.73. The SMILES string of the molecule is CN(CCCl)c1ccc(/C=C2N=C(/C=C/c3ccccc3)OC\2=O)cc1. The van der Waals surface area contributed by atoms with Crippen LogP contribution in [0.3, 0.4) is 0 Å². The summed E-state index contributed by atoms with van der Waals surface area (Å²) in [5, 5.41) is 0. The summed E-state index contributed by atoms with van der Waals surface area (Å²) in [6.45, 7) is 0.774. The van der Waals surface area contributed by atoms with E-state index in [9.17, 15) is 4.79 Å². The molecule has 2 aromatic rings. The number of cyclic esters (lactones) is 1. The zero-order chi connectivity index (χ0) is 18.4. The van der Waals surface area contributed by atoms with Crippen LogP contribution in [0.4, 0.5) is 5.69 Å². The third-order valence-electron chi connectivity index (χ3n) is 3.91. The first-order chi connectivity index (χ1) is 12.7. The Morgan fingerprint density at radius 1 is 1.04 bits per heavy atom. The minimum atomic E-state index is -0.443. The van der Waals surface area contributed by atoms with Gasteiger partial charge in [-0.05, 0) is 35.4 Å². The van der Waals surface area contributed by atoms with Crippen LogP contribution < -0.4 is 4.90 Å². The van der Waals surface area contributed by atoms with Gasteiger partial charge < -0.3 is 9.64 Å². The topological polar surface area (TPSA) is 41.9 Å². The van der Waals surface area contributed by atoms with Gasteiger partial charge in [0.1, 0.15) is 0 Å². The fraction of sp³-hybridized carbons (Fsp3) is 0.143. The first-order valence-corrected chi connectivity index (χ1v) is 8.82. The van der Waals surface area contributed by atoms with E-state index in [4.69, 9.17) is 16.3 Å². The molecule has 0 saturated heterocycles. The maximum absolute atomic E-state index is 12.0. The molecule has 1 aliphatic heterocycles. The largest absolute Gasteiger partial charge is 0.403 e. The molecule has 1 aliphatic rings. The van der Waals surface area contributed by atoms with Crippen molar-refractivity contribution in [1.29, 1.82) is 0 Å². The van der Waals surface area contributed by atoms with Gasteiger partial charge in [-0.2, -0.15) is 0 Å². The highest BCUT2D eigenvalue weighted by Gasteiger charge is 2.21. The number of hydrogen-bond acceptors (Lipinski definition) is 4. The number of nitrogens with zero attached hydrogens (tertiary/aromatic N) is 2. The number of halogens is 1. The van der Waals surface area contributed by atoms with Gasteiger partial charge in [-0.15, -0.1) is 11.6 Å². The second-order valence-corrected chi connectivity index (χ2v) is 6.19. The molecule has 26 heavy (non-hydrogen) atoms. The molecule has 0 aliphatic carbocycles. The first kappa shape index (κ1) is 18.0. The number of carbonyl (C=O) groups excluding carboxylic acids is 1. The monoisotopic (exact) mass is 366 g/mol. The summed E-state index contributed by atoms with van der Waals surface area (Å²) in [6.07, 6.45) is 5.27. The van der Waals surface area contributed by atoms with Crippen LogP contribution in [0.5, 0.6) is 0 Å². The molecule has 0 spiro atoms. The van der Waals surface area contributed by atoms with Crippen molar-refractivity contribution in [3.63, 3.8) is 0 Å². The molecular weight excluding hydrogens is 348 g/mol. The van der Waals surface area contributed by atoms with Crippen molar-refractivity contribution in [3.8, 4) is 0 Å². The second-order valence-electron chi connectivity index (χ2n) is 5.82. The lowest BCUT2D eigenvalue weighted by molar-refractivity contribution is -0.129. The molecule has 4 nitrogen and oxygen atoms in total. The Morgan fingerprint density at radius 2 is 1.77 bits per heavy atom. The van der Waals surface area contributed by atoms with E-state index >= 15 is 0 Å². The molecule has 0 saturated carbocycles. The molecule has 0 N–H and O–H groups in total. The van der Waals surface area contributed by atoms with Crippen molar-refractivity contribution in [2.45, 2.75) is 0 Å². The Hall–Kier alpha value is -2.85. The summed E-state index contributed by atoms with van der Waals surface area (Å²) in [4.78, 5) is 18.3. The van der Waals surface area contributed by atoms with E-state index in [1.165, 1.54) is 0 Å². The average molecular weight is 367 g/mol. The second kappa shape index (κ2) is 8.50. The number of carbonyl (C=O) groups is 1. The molecule has 0 fully saturated rings. The molecule has 5 heteroatoms. The number of benzene rings is 2. The number of alkyl halides is 1. The van der Waals surface area contributed by atoms with E-state index in [0.29, 0.717) is 17.5 Å². The minimum absolute atomic E-state index is 0.291. The molecule has 3 rings (SSSR count). The lowest BCUT2D eigenvalue weighted by Gasteiger charge is -2.17. The van der Waals surface area contributed by atoms with Crippen LogP contribution >= 0.6 is 11.6 Å². The van der Waals surface area contributed by atoms with Crippen LogP contribution in [-0.4, -0.2) is 31.3 Å². The van der Waals surface area contributed by atoms with E-state index in [-0.39, 0.29) is 0 Å². The van der Waals surface area contributed by atoms with E-state index < -0.39 is 5.97 Å². The number of aliphatic imine (C=N–C) groups is 1. The molecule has 0 radical (unpaired) electrons. The number of ether oxygens (including phenoxy) is 1. The van der Waals surface area contributed by atoms with Crippen LogP contribution in [0, 0.1) is 0 Å². The molecule has 0 atom stereocenters. The quantitative estimate of drug-likeness (QED) is 0.433. The van der Waals surface area contributed by atoms with Crippen molar-refractivity contribution in [2.75, 3.05) is 24.4 Å². The fourth-order valence-electron chi connectivity index (χ4n) is 2.47. The van der Waals surface area contributed by atoms with Gasteiger partial charge in [0.2, 0.25) is 5.90 Å². The number of rotatable bonds is 6. The van der Waals surface area contributed by atoms with Crippen LogP contribution in [0.25, 0.3) is 12.2 Å². The van der Waals surface area contributed by atoms with E-state index in [1.807, 2.05) is 67.7 Å². The highest BCUT2D eigenvalue weighted by Crippen LogP contribution is 2.19. The average Bonchev–Trinajstić information content (AvgIpc) is 3.01. The van der Waals surface area contributed by atoms with Crippen molar-refractivity contribution in [2.24, 2.45) is 4.99 Å². The lowest BCUT2D eigenvalue weighted by atomic mass is 10.1. The third-order valence-corrected chi connectivity index (χ3v) is 4.08. The maximum atomic E-state index is 12.0. The van der Waals surface area contributed by atoms with Gasteiger partial charge in [-0.25, -0.2) is 9.79 Å². The summed E-state index contributed by atoms with van der Waals surface area (Å²) < 4.78 is 5.19. The lowest BCUT2D eigenvalue weighted by Crippen LogP contribution is -2.19. The standard InChI is InChI=1S/C21H19ClN2O2/c1-24(14-13-22)18-10-7-17(8-11-18)15-19-21(25)26-20(23-19)12-9-16-5-3-2-4-6-16/h2-12,15H,13-14H2,1H3/b12-9+,19-15-. The van der Waals surface area contributed by atoms with Gasteiger partial charge in [0.25, 0.3) is 0 Å².